The highest BCUT2D eigenvalue weighted by atomic mass is 16.4. The summed E-state index contributed by atoms with van der Waals surface area (Å²) in [6.45, 7) is 1.07. The zero-order chi connectivity index (χ0) is 13.4. The van der Waals surface area contributed by atoms with Gasteiger partial charge in [0.25, 0.3) is 0 Å². The second kappa shape index (κ2) is 8.08. The minimum atomic E-state index is -0.837. The molecule has 0 aromatic carbocycles. The molecule has 5 heteroatoms. The van der Waals surface area contributed by atoms with Crippen molar-refractivity contribution in [3.05, 3.63) is 0 Å². The number of unbranched alkanes of at least 4 members (excludes halogenated alkanes) is 3. The Morgan fingerprint density at radius 2 is 1.78 bits per heavy atom. The first-order chi connectivity index (χ1) is 8.65. The van der Waals surface area contributed by atoms with Crippen molar-refractivity contribution in [2.24, 2.45) is 5.73 Å². The molecule has 1 aliphatic rings. The van der Waals surface area contributed by atoms with Crippen molar-refractivity contribution in [3.63, 3.8) is 0 Å². The van der Waals surface area contributed by atoms with Gasteiger partial charge in [0, 0.05) is 19.0 Å². The predicted octanol–water partition coefficient (Wildman–Crippen LogP) is 1.36. The van der Waals surface area contributed by atoms with Crippen LogP contribution in [0, 0.1) is 0 Å². The van der Waals surface area contributed by atoms with Crippen LogP contribution in [0.3, 0.4) is 0 Å². The van der Waals surface area contributed by atoms with Crippen LogP contribution in [0.2, 0.25) is 0 Å². The summed E-state index contributed by atoms with van der Waals surface area (Å²) < 4.78 is 0. The van der Waals surface area contributed by atoms with E-state index < -0.39 is 5.97 Å². The Labute approximate surface area is 108 Å². The fraction of sp³-hybridized carbons (Fsp3) is 0.846. The lowest BCUT2D eigenvalue weighted by atomic mass is 10.1. The van der Waals surface area contributed by atoms with Gasteiger partial charge < -0.3 is 15.7 Å². The topological polar surface area (TPSA) is 83.6 Å². The van der Waals surface area contributed by atoms with E-state index in [2.05, 4.69) is 0 Å². The van der Waals surface area contributed by atoms with E-state index >= 15 is 0 Å². The Balaban J connectivity index is 2.20. The molecule has 0 heterocycles. The molecule has 104 valence electrons. The highest BCUT2D eigenvalue weighted by molar-refractivity contribution is 5.77. The molecular formula is C13H24N2O3. The first-order valence-corrected chi connectivity index (χ1v) is 6.86. The third kappa shape index (κ3) is 6.00. The Morgan fingerprint density at radius 3 is 2.33 bits per heavy atom. The second-order valence-corrected chi connectivity index (χ2v) is 4.91. The average molecular weight is 256 g/mol. The van der Waals surface area contributed by atoms with Gasteiger partial charge in [-0.3, -0.25) is 9.59 Å². The largest absolute Gasteiger partial charge is 0.481 e. The van der Waals surface area contributed by atoms with Crippen molar-refractivity contribution in [1.82, 2.24) is 4.90 Å². The normalized spacial score (nSPS) is 14.5. The first-order valence-electron chi connectivity index (χ1n) is 6.86. The number of hydrogen-bond donors (Lipinski definition) is 2. The fourth-order valence-electron chi connectivity index (χ4n) is 2.03. The summed E-state index contributed by atoms with van der Waals surface area (Å²) in [5.74, 6) is -0.720. The summed E-state index contributed by atoms with van der Waals surface area (Å²) in [6, 6.07) is 0.306. The van der Waals surface area contributed by atoms with E-state index in [1.165, 1.54) is 0 Å². The molecule has 1 rings (SSSR count). The van der Waals surface area contributed by atoms with E-state index in [1.54, 1.807) is 4.90 Å². The van der Waals surface area contributed by atoms with Crippen molar-refractivity contribution in [3.8, 4) is 0 Å². The lowest BCUT2D eigenvalue weighted by Gasteiger charge is -2.21. The molecule has 0 aliphatic heterocycles. The number of carboxylic acid groups (broad SMARTS) is 1. The average Bonchev–Trinajstić information content (AvgIpc) is 3.13. The van der Waals surface area contributed by atoms with Gasteiger partial charge in [0.1, 0.15) is 0 Å². The summed E-state index contributed by atoms with van der Waals surface area (Å²) in [6.07, 6.45) is 6.64. The van der Waals surface area contributed by atoms with Crippen molar-refractivity contribution < 1.29 is 14.7 Å². The maximum absolute atomic E-state index is 12.0. The van der Waals surface area contributed by atoms with Crippen molar-refractivity contribution in [2.45, 2.75) is 57.4 Å². The van der Waals surface area contributed by atoms with Crippen LogP contribution in [0.1, 0.15) is 51.4 Å². The number of nitrogens with two attached hydrogens (primary N) is 1. The summed E-state index contributed by atoms with van der Waals surface area (Å²) in [5.41, 5.74) is 5.40. The Hall–Kier alpha value is -1.10. The number of nitrogens with zero attached hydrogens (tertiary/aromatic N) is 1. The predicted molar refractivity (Wildman–Crippen MR) is 69.1 cm³/mol. The maximum Gasteiger partial charge on any atom is 0.305 e. The summed E-state index contributed by atoms with van der Waals surface area (Å²) in [7, 11) is 0. The molecule has 5 nitrogen and oxygen atoms in total. The molecule has 0 unspecified atom stereocenters. The summed E-state index contributed by atoms with van der Waals surface area (Å²) in [5, 5.41) is 8.67. The molecule has 1 saturated carbocycles. The zero-order valence-corrected chi connectivity index (χ0v) is 10.9. The molecule has 0 aromatic heterocycles. The monoisotopic (exact) mass is 256 g/mol. The Morgan fingerprint density at radius 1 is 1.11 bits per heavy atom. The third-order valence-corrected chi connectivity index (χ3v) is 3.22. The number of carbonyl (C=O) groups is 2. The van der Waals surface area contributed by atoms with Crippen molar-refractivity contribution in [2.75, 3.05) is 13.1 Å². The van der Waals surface area contributed by atoms with E-state index in [-0.39, 0.29) is 12.3 Å². The highest BCUT2D eigenvalue weighted by Gasteiger charge is 2.32. The van der Waals surface area contributed by atoms with Crippen LogP contribution in [0.15, 0.2) is 0 Å². The number of aliphatic carboxylic acids is 1. The Bertz CT molecular complexity index is 277. The summed E-state index contributed by atoms with van der Waals surface area (Å²) in [4.78, 5) is 24.3. The van der Waals surface area contributed by atoms with Crippen LogP contribution >= 0.6 is 0 Å². The van der Waals surface area contributed by atoms with Crippen LogP contribution in [0.25, 0.3) is 0 Å². The van der Waals surface area contributed by atoms with Crippen LogP contribution in [-0.2, 0) is 9.59 Å². The van der Waals surface area contributed by atoms with E-state index in [1.807, 2.05) is 0 Å². The van der Waals surface area contributed by atoms with E-state index in [4.69, 9.17) is 10.8 Å². The van der Waals surface area contributed by atoms with Gasteiger partial charge in [0.2, 0.25) is 5.91 Å². The lowest BCUT2D eigenvalue weighted by molar-refractivity contribution is -0.138. The van der Waals surface area contributed by atoms with Gasteiger partial charge in [-0.1, -0.05) is 12.8 Å². The minimum Gasteiger partial charge on any atom is -0.481 e. The highest BCUT2D eigenvalue weighted by Crippen LogP contribution is 2.27. The molecule has 3 N–H and O–H groups in total. The van der Waals surface area contributed by atoms with Crippen LogP contribution in [0.5, 0.6) is 0 Å². The third-order valence-electron chi connectivity index (χ3n) is 3.22. The van der Waals surface area contributed by atoms with Gasteiger partial charge in [-0.15, -0.1) is 0 Å². The quantitative estimate of drug-likeness (QED) is 0.578. The fourth-order valence-corrected chi connectivity index (χ4v) is 2.03. The minimum absolute atomic E-state index is 0.0510. The lowest BCUT2D eigenvalue weighted by Crippen LogP contribution is -2.34. The molecule has 1 amide bonds. The van der Waals surface area contributed by atoms with Gasteiger partial charge in [0.15, 0.2) is 0 Å². The van der Waals surface area contributed by atoms with Crippen LogP contribution < -0.4 is 5.73 Å². The molecule has 1 aliphatic carbocycles. The number of carboxylic acids is 1. The van der Waals surface area contributed by atoms with Gasteiger partial charge in [-0.05, 0) is 32.2 Å². The Kier molecular flexibility index (Phi) is 6.72. The standard InChI is InChI=1S/C13H24N2O3/c14-9-4-2-1-3-5-12(16)15(11-6-7-11)10-8-13(17)18/h11H,1-10,14H2,(H,17,18). The molecule has 0 spiro atoms. The van der Waals surface area contributed by atoms with Gasteiger partial charge in [-0.2, -0.15) is 0 Å². The van der Waals surface area contributed by atoms with Crippen molar-refractivity contribution in [1.29, 1.82) is 0 Å². The molecule has 0 bridgehead atoms. The number of carbonyl (C=O) groups excluding carboxylic acids is 1. The summed E-state index contributed by atoms with van der Waals surface area (Å²) >= 11 is 0. The van der Waals surface area contributed by atoms with Gasteiger partial charge in [-0.25, -0.2) is 0 Å². The molecule has 0 saturated heterocycles. The molecule has 0 aromatic rings. The first kappa shape index (κ1) is 15.0. The molecule has 18 heavy (non-hydrogen) atoms. The molecule has 0 radical (unpaired) electrons. The second-order valence-electron chi connectivity index (χ2n) is 4.91. The van der Waals surface area contributed by atoms with Crippen LogP contribution in [0.4, 0.5) is 0 Å². The number of amides is 1. The number of hydrogen-bond acceptors (Lipinski definition) is 3. The smallest absolute Gasteiger partial charge is 0.305 e. The van der Waals surface area contributed by atoms with E-state index in [0.717, 1.165) is 38.5 Å². The van der Waals surface area contributed by atoms with E-state index in [0.29, 0.717) is 25.6 Å². The van der Waals surface area contributed by atoms with Crippen molar-refractivity contribution >= 4 is 11.9 Å². The van der Waals surface area contributed by atoms with Crippen LogP contribution in [-0.4, -0.2) is 41.0 Å². The molecule has 0 atom stereocenters. The molecule has 1 fully saturated rings. The number of rotatable bonds is 10. The van der Waals surface area contributed by atoms with Gasteiger partial charge >= 0.3 is 5.97 Å². The van der Waals surface area contributed by atoms with E-state index in [9.17, 15) is 9.59 Å². The molecular weight excluding hydrogens is 232 g/mol. The SMILES string of the molecule is NCCCCCCC(=O)N(CCC(=O)O)C1CC1. The maximum atomic E-state index is 12.0. The zero-order valence-electron chi connectivity index (χ0n) is 10.9. The van der Waals surface area contributed by atoms with Gasteiger partial charge in [0.05, 0.1) is 6.42 Å².